The summed E-state index contributed by atoms with van der Waals surface area (Å²) in [7, 11) is -0.785. The maximum absolute atomic E-state index is 12.8. The van der Waals surface area contributed by atoms with Crippen LogP contribution < -0.4 is 4.74 Å². The van der Waals surface area contributed by atoms with Gasteiger partial charge in [-0.25, -0.2) is 0 Å². The lowest BCUT2D eigenvalue weighted by atomic mass is 10.3. The van der Waals surface area contributed by atoms with Crippen LogP contribution in [-0.4, -0.2) is 11.0 Å². The number of benzene rings is 4. The number of ether oxygens (including phenoxy) is 1. The molecule has 1 nitrogen and oxygen atoms in total. The Morgan fingerprint density at radius 2 is 0.923 bits per heavy atom. The molecular weight excluding hydrogens is 919 g/mol. The van der Waals surface area contributed by atoms with Crippen LogP contribution in [0.3, 0.4) is 0 Å². The van der Waals surface area contributed by atoms with Crippen molar-refractivity contribution >= 4 is 102 Å². The first-order valence-corrected chi connectivity index (χ1v) is 16.8. The van der Waals surface area contributed by atoms with Gasteiger partial charge in [0, 0.05) is 13.4 Å². The fraction of sp³-hybridized carbons (Fsp3) is 0.0769. The van der Waals surface area contributed by atoms with Crippen LogP contribution >= 0.6 is 91.3 Å². The Morgan fingerprint density at radius 1 is 0.564 bits per heavy atom. The third-order valence-corrected chi connectivity index (χ3v) is 10.8. The van der Waals surface area contributed by atoms with Crippen molar-refractivity contribution in [1.82, 2.24) is 0 Å². The van der Waals surface area contributed by atoms with Gasteiger partial charge in [-0.1, -0.05) is 0 Å². The third kappa shape index (κ3) is 9.24. The second kappa shape index (κ2) is 13.2. The zero-order valence-corrected chi connectivity index (χ0v) is 28.0. The number of thioether (sulfide) groups is 2. The second-order valence-corrected chi connectivity index (χ2v) is 15.5. The van der Waals surface area contributed by atoms with Crippen LogP contribution in [0.2, 0.25) is 0 Å². The Bertz CT molecular complexity index is 1350. The third-order valence-electron chi connectivity index (χ3n) is 4.83. The highest BCUT2D eigenvalue weighted by molar-refractivity contribution is 14.1. The quantitative estimate of drug-likeness (QED) is 0.0791. The van der Waals surface area contributed by atoms with Crippen LogP contribution in [0.5, 0.6) is 11.5 Å². The van der Waals surface area contributed by atoms with E-state index in [0.29, 0.717) is 5.75 Å². The lowest BCUT2D eigenvalue weighted by Gasteiger charge is -2.13. The first-order valence-electron chi connectivity index (χ1n) is 10.7. The van der Waals surface area contributed by atoms with E-state index in [-0.39, 0.29) is 33.3 Å². The molecule has 0 aliphatic rings. The van der Waals surface area contributed by atoms with Crippen LogP contribution in [0.4, 0.5) is 26.3 Å². The molecule has 0 unspecified atom stereocenters. The molecule has 0 aliphatic carbocycles. The van der Waals surface area contributed by atoms with E-state index in [1.165, 1.54) is 24.3 Å². The predicted octanol–water partition coefficient (Wildman–Crippen LogP) is 11.6. The lowest BCUT2D eigenvalue weighted by molar-refractivity contribution is -0.0337. The van der Waals surface area contributed by atoms with Crippen LogP contribution in [-0.2, 0) is 10.9 Å². The highest BCUT2D eigenvalue weighted by Gasteiger charge is 2.33. The summed E-state index contributed by atoms with van der Waals surface area (Å²) in [6, 6.07) is 23.4. The molecule has 0 aromatic heterocycles. The molecule has 4 rings (SSSR count). The van der Waals surface area contributed by atoms with Crippen molar-refractivity contribution in [2.75, 3.05) is 0 Å². The van der Waals surface area contributed by atoms with Crippen LogP contribution in [0.15, 0.2) is 109 Å². The van der Waals surface area contributed by atoms with Gasteiger partial charge in [-0.3, -0.25) is 0 Å². The molecule has 0 N–H and O–H groups in total. The summed E-state index contributed by atoms with van der Waals surface area (Å²) in [6.07, 6.45) is 0. The first kappa shape index (κ1) is 31.4. The Balaban J connectivity index is 1.67. The molecule has 4 aromatic carbocycles. The smallest absolute Gasteiger partial charge is 0.446 e. The standard InChI is InChI=1S/C26H14F6I3OS3/c27-25(28,29)37-17-3-9-20(10-4-17)39(21-11-5-18(6-12-21)38-26(30,31)32)19-7-1-16(2-8-19)36-24-22(34)13-15(33)14-23(24)35/h1-14H/q+1. The summed E-state index contributed by atoms with van der Waals surface area (Å²) in [6.45, 7) is 0. The van der Waals surface area contributed by atoms with Gasteiger partial charge in [-0.05, 0) is 176 Å². The van der Waals surface area contributed by atoms with Gasteiger partial charge in [0.25, 0.3) is 0 Å². The maximum atomic E-state index is 12.8. The van der Waals surface area contributed by atoms with Gasteiger partial charge in [0.1, 0.15) is 5.75 Å². The summed E-state index contributed by atoms with van der Waals surface area (Å²) < 4.78 is 86.1. The number of rotatable bonds is 7. The first-order chi connectivity index (χ1) is 18.3. The monoisotopic (exact) mass is 933 g/mol. The molecule has 13 heteroatoms. The second-order valence-electron chi connectivity index (χ2n) is 7.62. The van der Waals surface area contributed by atoms with E-state index >= 15 is 0 Å². The summed E-state index contributed by atoms with van der Waals surface area (Å²) in [5, 5.41) is 0. The van der Waals surface area contributed by atoms with E-state index in [1.807, 2.05) is 24.3 Å². The largest absolute Gasteiger partial charge is 0.455 e. The van der Waals surface area contributed by atoms with E-state index in [9.17, 15) is 26.3 Å². The van der Waals surface area contributed by atoms with E-state index in [0.717, 1.165) is 31.1 Å². The Hall–Kier alpha value is -0.500. The molecule has 0 amide bonds. The summed E-state index contributed by atoms with van der Waals surface area (Å²) in [5.41, 5.74) is -8.81. The predicted molar refractivity (Wildman–Crippen MR) is 170 cm³/mol. The Morgan fingerprint density at radius 3 is 1.28 bits per heavy atom. The van der Waals surface area contributed by atoms with E-state index < -0.39 is 21.9 Å². The minimum Gasteiger partial charge on any atom is -0.455 e. The van der Waals surface area contributed by atoms with Gasteiger partial charge in [0.15, 0.2) is 20.4 Å². The van der Waals surface area contributed by atoms with Gasteiger partial charge in [-0.15, -0.1) is 0 Å². The number of alkyl halides is 6. The fourth-order valence-corrected chi connectivity index (χ4v) is 10.3. The van der Waals surface area contributed by atoms with E-state index in [4.69, 9.17) is 4.74 Å². The molecule has 0 fully saturated rings. The van der Waals surface area contributed by atoms with E-state index in [1.54, 1.807) is 36.4 Å². The Labute approximate surface area is 273 Å². The molecule has 0 heterocycles. The van der Waals surface area contributed by atoms with Crippen molar-refractivity contribution in [2.24, 2.45) is 0 Å². The molecule has 0 saturated carbocycles. The van der Waals surface area contributed by atoms with Crippen molar-refractivity contribution < 1.29 is 31.1 Å². The average molecular weight is 933 g/mol. The van der Waals surface area contributed by atoms with Gasteiger partial charge < -0.3 is 4.74 Å². The van der Waals surface area contributed by atoms with Crippen LogP contribution in [0, 0.1) is 10.7 Å². The molecule has 0 aliphatic heterocycles. The zero-order valence-electron chi connectivity index (χ0n) is 19.1. The highest BCUT2D eigenvalue weighted by atomic mass is 127. The van der Waals surface area contributed by atoms with Crippen molar-refractivity contribution in [3.05, 3.63) is 95.6 Å². The van der Waals surface area contributed by atoms with Gasteiger partial charge in [0.05, 0.1) is 18.0 Å². The van der Waals surface area contributed by atoms with Crippen LogP contribution in [0.1, 0.15) is 0 Å². The minimum absolute atomic E-state index is 0.0530. The minimum atomic E-state index is -4.41. The van der Waals surface area contributed by atoms with E-state index in [2.05, 4.69) is 67.8 Å². The SMILES string of the molecule is FC(F)(F)Sc1ccc([S+](c2ccc(Oc3c(I)cc(I)cc3I)cc2)c2ccc(SC(F)(F)F)cc2)cc1. The molecule has 204 valence electrons. The topological polar surface area (TPSA) is 9.23 Å². The molecule has 4 aromatic rings. The maximum Gasteiger partial charge on any atom is 0.446 e. The van der Waals surface area contributed by atoms with Crippen molar-refractivity contribution in [3.8, 4) is 11.5 Å². The molecule has 0 saturated heterocycles. The molecule has 39 heavy (non-hydrogen) atoms. The van der Waals surface area contributed by atoms with Crippen LogP contribution in [0.25, 0.3) is 0 Å². The summed E-state index contributed by atoms with van der Waals surface area (Å²) in [4.78, 5) is 2.40. The number of hydrogen-bond acceptors (Lipinski definition) is 3. The molecule has 0 spiro atoms. The lowest BCUT2D eigenvalue weighted by Crippen LogP contribution is -2.06. The summed E-state index contributed by atoms with van der Waals surface area (Å²) in [5.74, 6) is 1.34. The zero-order chi connectivity index (χ0) is 28.4. The molecule has 0 atom stereocenters. The van der Waals surface area contributed by atoms with Crippen molar-refractivity contribution in [2.45, 2.75) is 35.5 Å². The molecule has 0 bridgehead atoms. The normalized spacial score (nSPS) is 12.2. The van der Waals surface area contributed by atoms with Crippen molar-refractivity contribution in [3.63, 3.8) is 0 Å². The average Bonchev–Trinajstić information content (AvgIpc) is 2.83. The van der Waals surface area contributed by atoms with Gasteiger partial charge in [0.2, 0.25) is 0 Å². The van der Waals surface area contributed by atoms with Gasteiger partial charge >= 0.3 is 11.0 Å². The molecular formula is C26H14F6I3OS3+. The fourth-order valence-electron chi connectivity index (χ4n) is 3.35. The molecule has 0 radical (unpaired) electrons. The number of hydrogen-bond donors (Lipinski definition) is 0. The number of halogens is 9. The summed E-state index contributed by atoms with van der Waals surface area (Å²) >= 11 is 6.27. The Kier molecular flexibility index (Phi) is 10.6. The highest BCUT2D eigenvalue weighted by Crippen LogP contribution is 2.41. The van der Waals surface area contributed by atoms with Gasteiger partial charge in [-0.2, -0.15) is 26.3 Å². The van der Waals surface area contributed by atoms with Crippen molar-refractivity contribution in [1.29, 1.82) is 0 Å².